The number of esters is 1. The molecule has 5 atom stereocenters. The minimum atomic E-state index is -0.827. The predicted molar refractivity (Wildman–Crippen MR) is 109 cm³/mol. The van der Waals surface area contributed by atoms with Gasteiger partial charge in [0.25, 0.3) is 0 Å². The molecule has 1 N–H and O–H groups in total. The molecule has 1 saturated carbocycles. The molecule has 2 rings (SSSR count). The van der Waals surface area contributed by atoms with Crippen molar-refractivity contribution >= 4 is 33.7 Å². The van der Waals surface area contributed by atoms with Crippen molar-refractivity contribution in [1.29, 1.82) is 0 Å². The Labute approximate surface area is 193 Å². The normalized spacial score (nSPS) is 34.4. The first kappa shape index (κ1) is 26.2. The number of carbonyl (C=O) groups excluding carboxylic acids is 2. The largest absolute Gasteiger partial charge is 1.00 e. The predicted octanol–water partition coefficient (Wildman–Crippen LogP) is -0.0194. The molecule has 1 saturated heterocycles. The van der Waals surface area contributed by atoms with Gasteiger partial charge in [0.1, 0.15) is 23.9 Å². The van der Waals surface area contributed by atoms with Gasteiger partial charge in [-0.3, -0.25) is 9.59 Å². The number of carbonyl (C=O) groups is 2. The third kappa shape index (κ3) is 6.86. The summed E-state index contributed by atoms with van der Waals surface area (Å²) in [4.78, 5) is 22.8. The van der Waals surface area contributed by atoms with Crippen molar-refractivity contribution in [2.75, 3.05) is 18.3 Å². The number of allylic oxidation sites excluding steroid dienone is 1. The van der Waals surface area contributed by atoms with E-state index >= 15 is 0 Å². The fourth-order valence-corrected chi connectivity index (χ4v) is 5.73. The summed E-state index contributed by atoms with van der Waals surface area (Å²) in [6.07, 6.45) is 8.25. The molecule has 1 aliphatic heterocycles. The third-order valence-electron chi connectivity index (χ3n) is 5.58. The Kier molecular flexibility index (Phi) is 9.79. The lowest BCUT2D eigenvalue weighted by molar-refractivity contribution is -0.159. The smallest absolute Gasteiger partial charge is 0.314 e. The second-order valence-corrected chi connectivity index (χ2v) is 11.2. The number of halogens is 2. The number of rotatable bonds is 8. The second kappa shape index (κ2) is 10.5. The summed E-state index contributed by atoms with van der Waals surface area (Å²) in [6, 6.07) is 0. The van der Waals surface area contributed by atoms with Gasteiger partial charge in [-0.2, -0.15) is 0 Å². The van der Waals surface area contributed by atoms with Crippen LogP contribution in [0, 0.1) is 5.92 Å². The SMILES string of the molecule is CC(C)=CC[C@H]1O[C@@]1(C)[C@H]1C[C@H](OC(=O)CC(=O)Cl)CC[C@]1(O)C[S+](C)C.[I-]. The van der Waals surface area contributed by atoms with Crippen molar-refractivity contribution in [2.24, 2.45) is 5.92 Å². The monoisotopic (exact) mass is 546 g/mol. The van der Waals surface area contributed by atoms with Gasteiger partial charge in [0.15, 0.2) is 0 Å². The van der Waals surface area contributed by atoms with Gasteiger partial charge in [-0.05, 0) is 69.0 Å². The number of hydrogen-bond donors (Lipinski definition) is 1. The lowest BCUT2D eigenvalue weighted by Gasteiger charge is -2.43. The van der Waals surface area contributed by atoms with Gasteiger partial charge in [-0.25, -0.2) is 0 Å². The molecule has 0 radical (unpaired) electrons. The maximum absolute atomic E-state index is 11.8. The molecule has 0 bridgehead atoms. The molecule has 0 aromatic heterocycles. The molecule has 2 aliphatic rings. The molecule has 0 aromatic carbocycles. The first-order chi connectivity index (χ1) is 12.5. The molecular formula is C20H32ClIO5S. The maximum atomic E-state index is 11.8. The van der Waals surface area contributed by atoms with Crippen LogP contribution in [0.25, 0.3) is 0 Å². The van der Waals surface area contributed by atoms with Crippen LogP contribution in [0.5, 0.6) is 0 Å². The van der Waals surface area contributed by atoms with Crippen LogP contribution in [0.4, 0.5) is 0 Å². The van der Waals surface area contributed by atoms with E-state index in [-0.39, 0.29) is 53.0 Å². The molecule has 0 amide bonds. The number of epoxide rings is 1. The van der Waals surface area contributed by atoms with Crippen molar-refractivity contribution < 1.29 is 48.1 Å². The zero-order valence-electron chi connectivity index (χ0n) is 17.3. The van der Waals surface area contributed by atoms with Gasteiger partial charge in [0.2, 0.25) is 5.24 Å². The molecular weight excluding hydrogens is 515 g/mol. The molecule has 0 aromatic rings. The molecule has 2 fully saturated rings. The van der Waals surface area contributed by atoms with Crippen molar-refractivity contribution in [3.8, 4) is 0 Å². The van der Waals surface area contributed by atoms with Gasteiger partial charge in [0, 0.05) is 5.92 Å². The van der Waals surface area contributed by atoms with Crippen molar-refractivity contribution in [3.05, 3.63) is 11.6 Å². The van der Waals surface area contributed by atoms with E-state index in [1.165, 1.54) is 5.57 Å². The van der Waals surface area contributed by atoms with Crippen molar-refractivity contribution in [3.63, 3.8) is 0 Å². The zero-order valence-corrected chi connectivity index (χ0v) is 21.0. The maximum Gasteiger partial charge on any atom is 0.314 e. The summed E-state index contributed by atoms with van der Waals surface area (Å²) in [6.45, 7) is 6.18. The van der Waals surface area contributed by atoms with Gasteiger partial charge < -0.3 is 38.6 Å². The average Bonchev–Trinajstić information content (AvgIpc) is 3.17. The number of aliphatic hydroxyl groups is 1. The highest BCUT2D eigenvalue weighted by atomic mass is 127. The van der Waals surface area contributed by atoms with Crippen LogP contribution in [0.3, 0.4) is 0 Å². The zero-order chi connectivity index (χ0) is 20.4. The summed E-state index contributed by atoms with van der Waals surface area (Å²) >= 11 is 5.28. The van der Waals surface area contributed by atoms with E-state index in [1.807, 2.05) is 0 Å². The lowest BCUT2D eigenvalue weighted by Crippen LogP contribution is -3.00. The quantitative estimate of drug-likeness (QED) is 0.0881. The van der Waals surface area contributed by atoms with Crippen LogP contribution in [0.2, 0.25) is 0 Å². The fourth-order valence-electron chi connectivity index (χ4n) is 4.28. The third-order valence-corrected chi connectivity index (χ3v) is 6.79. The van der Waals surface area contributed by atoms with Crippen LogP contribution in [0.15, 0.2) is 11.6 Å². The molecule has 1 aliphatic carbocycles. The minimum Gasteiger partial charge on any atom is -1.00 e. The molecule has 1 heterocycles. The van der Waals surface area contributed by atoms with Gasteiger partial charge in [-0.1, -0.05) is 11.6 Å². The van der Waals surface area contributed by atoms with Gasteiger partial charge in [0.05, 0.1) is 24.2 Å². The Morgan fingerprint density at radius 2 is 2.00 bits per heavy atom. The Morgan fingerprint density at radius 1 is 1.36 bits per heavy atom. The Bertz CT molecular complexity index is 609. The Hall–Kier alpha value is 0.170. The van der Waals surface area contributed by atoms with Gasteiger partial charge >= 0.3 is 5.97 Å². The number of hydrogen-bond acceptors (Lipinski definition) is 5. The highest BCUT2D eigenvalue weighted by Gasteiger charge is 2.65. The molecule has 0 spiro atoms. The van der Waals surface area contributed by atoms with E-state index in [0.717, 1.165) is 6.42 Å². The molecule has 28 heavy (non-hydrogen) atoms. The highest BCUT2D eigenvalue weighted by molar-refractivity contribution is 7.95. The van der Waals surface area contributed by atoms with E-state index < -0.39 is 28.8 Å². The fraction of sp³-hybridized carbons (Fsp3) is 0.800. The van der Waals surface area contributed by atoms with E-state index in [4.69, 9.17) is 21.1 Å². The summed E-state index contributed by atoms with van der Waals surface area (Å²) < 4.78 is 11.5. The molecule has 8 heteroatoms. The van der Waals surface area contributed by atoms with Crippen LogP contribution in [-0.4, -0.2) is 58.0 Å². The topological polar surface area (TPSA) is 76.1 Å². The molecule has 0 unspecified atom stereocenters. The standard InChI is InChI=1S/C20H32ClO5S.HI/c1-13(2)6-7-16-19(3,26-16)15-10-14(25-18(23)11-17(21)22)8-9-20(15,24)12-27(4)5;/h6,14-16,24H,7-12H2,1-5H3;1H/q+1;/p-1/t14-,15-,16-,19+,20+;/m1./s1. The Morgan fingerprint density at radius 3 is 2.54 bits per heavy atom. The van der Waals surface area contributed by atoms with Crippen LogP contribution in [0.1, 0.15) is 52.9 Å². The average molecular weight is 547 g/mol. The molecule has 5 nitrogen and oxygen atoms in total. The highest BCUT2D eigenvalue weighted by Crippen LogP contribution is 2.54. The van der Waals surface area contributed by atoms with E-state index in [0.29, 0.717) is 25.0 Å². The van der Waals surface area contributed by atoms with Crippen LogP contribution < -0.4 is 24.0 Å². The minimum absolute atomic E-state index is 0. The summed E-state index contributed by atoms with van der Waals surface area (Å²) in [7, 11) is 0.0804. The van der Waals surface area contributed by atoms with E-state index in [9.17, 15) is 14.7 Å². The van der Waals surface area contributed by atoms with Crippen LogP contribution in [-0.2, 0) is 30.0 Å². The van der Waals surface area contributed by atoms with Gasteiger partial charge in [-0.15, -0.1) is 0 Å². The van der Waals surface area contributed by atoms with E-state index in [1.54, 1.807) is 0 Å². The summed E-state index contributed by atoms with van der Waals surface area (Å²) in [5.74, 6) is -0.00102. The summed E-state index contributed by atoms with van der Waals surface area (Å²) in [5, 5.41) is 10.7. The second-order valence-electron chi connectivity index (χ2n) is 8.51. The first-order valence-electron chi connectivity index (χ1n) is 9.42. The Balaban J connectivity index is 0.00000392. The molecule has 162 valence electrons. The van der Waals surface area contributed by atoms with E-state index in [2.05, 4.69) is 39.4 Å². The van der Waals surface area contributed by atoms with Crippen molar-refractivity contribution in [1.82, 2.24) is 0 Å². The first-order valence-corrected chi connectivity index (χ1v) is 12.0. The summed E-state index contributed by atoms with van der Waals surface area (Å²) in [5.41, 5.74) is -0.00676. The van der Waals surface area contributed by atoms with Crippen LogP contribution >= 0.6 is 11.6 Å². The van der Waals surface area contributed by atoms with Crippen molar-refractivity contribution in [2.45, 2.75) is 76.3 Å². The number of ether oxygens (including phenoxy) is 2. The lowest BCUT2D eigenvalue weighted by atomic mass is 9.68.